The monoisotopic (exact) mass is 282 g/mol. The van der Waals surface area contributed by atoms with Gasteiger partial charge in [0.25, 0.3) is 0 Å². The lowest BCUT2D eigenvalue weighted by atomic mass is 9.84. The van der Waals surface area contributed by atoms with Crippen LogP contribution >= 0.6 is 0 Å². The Balaban J connectivity index is 1.77. The topological polar surface area (TPSA) is 25.4 Å². The van der Waals surface area contributed by atoms with Crippen molar-refractivity contribution in [1.29, 1.82) is 0 Å². The molecule has 0 radical (unpaired) electrons. The number of nitrogens with zero attached hydrogens (tertiary/aromatic N) is 2. The highest BCUT2D eigenvalue weighted by atomic mass is 16.5. The third-order valence-electron chi connectivity index (χ3n) is 4.26. The van der Waals surface area contributed by atoms with Gasteiger partial charge in [0.2, 0.25) is 0 Å². The van der Waals surface area contributed by atoms with Gasteiger partial charge < -0.3 is 9.64 Å². The highest BCUT2D eigenvalue weighted by molar-refractivity contribution is 5.59. The van der Waals surface area contributed by atoms with Crippen LogP contribution in [0.15, 0.2) is 42.7 Å². The Hall–Kier alpha value is -2.03. The summed E-state index contributed by atoms with van der Waals surface area (Å²) < 4.78 is 5.42. The smallest absolute Gasteiger partial charge is 0.145 e. The minimum Gasteiger partial charge on any atom is -0.494 e. The molecule has 3 nitrogen and oxygen atoms in total. The quantitative estimate of drug-likeness (QED) is 0.852. The fraction of sp³-hybridized carbons (Fsp3) is 0.389. The van der Waals surface area contributed by atoms with Crippen molar-refractivity contribution in [3.8, 4) is 5.75 Å². The number of rotatable bonds is 4. The van der Waals surface area contributed by atoms with E-state index in [1.165, 1.54) is 11.1 Å². The maximum absolute atomic E-state index is 5.42. The van der Waals surface area contributed by atoms with Crippen LogP contribution in [-0.2, 0) is 0 Å². The normalized spacial score (nSPS) is 15.1. The van der Waals surface area contributed by atoms with E-state index in [4.69, 9.17) is 4.74 Å². The van der Waals surface area contributed by atoms with Crippen molar-refractivity contribution >= 4 is 5.69 Å². The van der Waals surface area contributed by atoms with Gasteiger partial charge in [0.05, 0.1) is 19.0 Å². The van der Waals surface area contributed by atoms with Gasteiger partial charge in [0.1, 0.15) is 5.75 Å². The molecule has 2 aromatic rings. The molecule has 0 amide bonds. The summed E-state index contributed by atoms with van der Waals surface area (Å²) in [5.74, 6) is 2.08. The van der Waals surface area contributed by atoms with Crippen LogP contribution in [0.4, 0.5) is 5.69 Å². The van der Waals surface area contributed by atoms with E-state index in [2.05, 4.69) is 48.0 Å². The molecule has 3 rings (SSSR count). The van der Waals surface area contributed by atoms with Gasteiger partial charge in [-0.3, -0.25) is 4.98 Å². The zero-order valence-electron chi connectivity index (χ0n) is 12.9. The van der Waals surface area contributed by atoms with Crippen molar-refractivity contribution < 1.29 is 4.74 Å². The van der Waals surface area contributed by atoms with E-state index >= 15 is 0 Å². The molecule has 1 saturated heterocycles. The molecule has 0 bridgehead atoms. The molecular formula is C18H22N2O. The number of methoxy groups -OCH3 is 1. The van der Waals surface area contributed by atoms with Crippen molar-refractivity contribution in [3.63, 3.8) is 0 Å². The highest BCUT2D eigenvalue weighted by Gasteiger charge is 2.31. The lowest BCUT2D eigenvalue weighted by molar-refractivity contribution is 0.408. The number of ether oxygens (including phenoxy) is 1. The van der Waals surface area contributed by atoms with Gasteiger partial charge in [-0.05, 0) is 17.0 Å². The second-order valence-corrected chi connectivity index (χ2v) is 5.93. The summed E-state index contributed by atoms with van der Waals surface area (Å²) in [4.78, 5) is 6.56. The van der Waals surface area contributed by atoms with Crippen molar-refractivity contribution in [1.82, 2.24) is 4.98 Å². The summed E-state index contributed by atoms with van der Waals surface area (Å²) in [5.41, 5.74) is 4.06. The number of pyridine rings is 1. The summed E-state index contributed by atoms with van der Waals surface area (Å²) >= 11 is 0. The molecular weight excluding hydrogens is 260 g/mol. The van der Waals surface area contributed by atoms with Crippen LogP contribution in [0.25, 0.3) is 0 Å². The van der Waals surface area contributed by atoms with Crippen LogP contribution in [0.2, 0.25) is 0 Å². The summed E-state index contributed by atoms with van der Waals surface area (Å²) in [7, 11) is 1.71. The lowest BCUT2D eigenvalue weighted by Gasteiger charge is -2.42. The first-order valence-electron chi connectivity index (χ1n) is 7.52. The molecule has 0 unspecified atom stereocenters. The SMILES string of the molecule is COc1ccncc1N1CC(c2ccccc2C(C)C)C1. The highest BCUT2D eigenvalue weighted by Crippen LogP contribution is 2.38. The summed E-state index contributed by atoms with van der Waals surface area (Å²) in [6.07, 6.45) is 3.66. The van der Waals surface area contributed by atoms with Crippen LogP contribution in [0.5, 0.6) is 5.75 Å². The maximum Gasteiger partial charge on any atom is 0.145 e. The van der Waals surface area contributed by atoms with Crippen molar-refractivity contribution in [3.05, 3.63) is 53.9 Å². The van der Waals surface area contributed by atoms with Crippen LogP contribution < -0.4 is 9.64 Å². The Morgan fingerprint density at radius 3 is 2.67 bits per heavy atom. The first-order valence-corrected chi connectivity index (χ1v) is 7.52. The lowest BCUT2D eigenvalue weighted by Crippen LogP contribution is -2.45. The average molecular weight is 282 g/mol. The number of benzene rings is 1. The molecule has 2 heterocycles. The van der Waals surface area contributed by atoms with E-state index < -0.39 is 0 Å². The first-order chi connectivity index (χ1) is 10.2. The third kappa shape index (κ3) is 2.60. The van der Waals surface area contributed by atoms with Gasteiger partial charge in [0.15, 0.2) is 0 Å². The van der Waals surface area contributed by atoms with Crippen LogP contribution in [0.3, 0.4) is 0 Å². The number of hydrogen-bond acceptors (Lipinski definition) is 3. The molecule has 1 aliphatic heterocycles. The molecule has 0 atom stereocenters. The average Bonchev–Trinajstić information content (AvgIpc) is 2.46. The molecule has 110 valence electrons. The Morgan fingerprint density at radius 1 is 1.19 bits per heavy atom. The van der Waals surface area contributed by atoms with Gasteiger partial charge in [-0.2, -0.15) is 0 Å². The minimum absolute atomic E-state index is 0.572. The van der Waals surface area contributed by atoms with Gasteiger partial charge >= 0.3 is 0 Å². The van der Waals surface area contributed by atoms with E-state index in [0.29, 0.717) is 11.8 Å². The molecule has 1 aliphatic rings. The molecule has 1 aromatic heterocycles. The first kappa shape index (κ1) is 13.9. The predicted octanol–water partition coefficient (Wildman–Crippen LogP) is 3.82. The molecule has 0 aliphatic carbocycles. The Bertz CT molecular complexity index is 618. The zero-order valence-corrected chi connectivity index (χ0v) is 12.9. The van der Waals surface area contributed by atoms with Crippen LogP contribution in [0, 0.1) is 0 Å². The number of aromatic nitrogens is 1. The summed E-state index contributed by atoms with van der Waals surface area (Å²) in [5, 5.41) is 0. The standard InChI is InChI=1S/C18H22N2O/c1-13(2)15-6-4-5-7-16(15)14-11-20(12-14)17-10-19-9-8-18(17)21-3/h4-10,13-14H,11-12H2,1-3H3. The third-order valence-corrected chi connectivity index (χ3v) is 4.26. The van der Waals surface area contributed by atoms with Gasteiger partial charge in [0, 0.05) is 31.3 Å². The fourth-order valence-electron chi connectivity index (χ4n) is 3.06. The Morgan fingerprint density at radius 2 is 1.95 bits per heavy atom. The largest absolute Gasteiger partial charge is 0.494 e. The van der Waals surface area contributed by atoms with Gasteiger partial charge in [-0.15, -0.1) is 0 Å². The fourth-order valence-corrected chi connectivity index (χ4v) is 3.06. The van der Waals surface area contributed by atoms with E-state index in [1.807, 2.05) is 12.3 Å². The van der Waals surface area contributed by atoms with Gasteiger partial charge in [-0.1, -0.05) is 38.1 Å². The second kappa shape index (κ2) is 5.76. The second-order valence-electron chi connectivity index (χ2n) is 5.93. The predicted molar refractivity (Wildman–Crippen MR) is 86.3 cm³/mol. The molecule has 1 aromatic carbocycles. The maximum atomic E-state index is 5.42. The van der Waals surface area contributed by atoms with Crippen LogP contribution in [0.1, 0.15) is 36.8 Å². The van der Waals surface area contributed by atoms with E-state index in [9.17, 15) is 0 Å². The van der Waals surface area contributed by atoms with Crippen LogP contribution in [-0.4, -0.2) is 25.2 Å². The molecule has 0 saturated carbocycles. The zero-order chi connectivity index (χ0) is 14.8. The van der Waals surface area contributed by atoms with Crippen molar-refractivity contribution in [2.75, 3.05) is 25.1 Å². The van der Waals surface area contributed by atoms with E-state index in [0.717, 1.165) is 24.5 Å². The molecule has 21 heavy (non-hydrogen) atoms. The Kier molecular flexibility index (Phi) is 3.82. The summed E-state index contributed by atoms with van der Waals surface area (Å²) in [6.45, 7) is 6.59. The number of anilines is 1. The van der Waals surface area contributed by atoms with Crippen molar-refractivity contribution in [2.45, 2.75) is 25.7 Å². The van der Waals surface area contributed by atoms with Gasteiger partial charge in [-0.25, -0.2) is 0 Å². The Labute approximate surface area is 126 Å². The molecule has 1 fully saturated rings. The minimum atomic E-state index is 0.572. The molecule has 3 heteroatoms. The van der Waals surface area contributed by atoms with Crippen molar-refractivity contribution in [2.24, 2.45) is 0 Å². The molecule has 0 N–H and O–H groups in total. The molecule has 0 spiro atoms. The number of hydrogen-bond donors (Lipinski definition) is 0. The van der Waals surface area contributed by atoms with E-state index in [1.54, 1.807) is 13.3 Å². The summed E-state index contributed by atoms with van der Waals surface area (Å²) in [6, 6.07) is 10.7. The van der Waals surface area contributed by atoms with E-state index in [-0.39, 0.29) is 0 Å².